The number of carbonyl (C=O) groups excluding carboxylic acids is 3. The number of fused-ring (bicyclic) bond motifs is 1. The van der Waals surface area contributed by atoms with Crippen LogP contribution in [0, 0.1) is 12.8 Å². The van der Waals surface area contributed by atoms with Crippen molar-refractivity contribution in [1.82, 2.24) is 35.0 Å². The zero-order valence-corrected chi connectivity index (χ0v) is 27.5. The van der Waals surface area contributed by atoms with Crippen LogP contribution in [0.2, 0.25) is 0 Å². The summed E-state index contributed by atoms with van der Waals surface area (Å²) in [6.07, 6.45) is 0.824. The smallest absolute Gasteiger partial charge is 0.243 e. The minimum atomic E-state index is -3.91. The molecule has 0 radical (unpaired) electrons. The van der Waals surface area contributed by atoms with Crippen molar-refractivity contribution in [2.75, 3.05) is 26.7 Å². The fraction of sp³-hybridized carbons (Fsp3) is 0.469. The van der Waals surface area contributed by atoms with Crippen molar-refractivity contribution < 1.29 is 27.5 Å². The lowest BCUT2D eigenvalue weighted by molar-refractivity contribution is -0.129. The zero-order chi connectivity index (χ0) is 33.3. The fourth-order valence-corrected chi connectivity index (χ4v) is 6.78. The molecule has 0 saturated heterocycles. The Morgan fingerprint density at radius 1 is 0.957 bits per heavy atom. The van der Waals surface area contributed by atoms with Crippen LogP contribution in [0.5, 0.6) is 5.75 Å². The molecule has 3 aromatic rings. The Morgan fingerprint density at radius 2 is 1.65 bits per heavy atom. The van der Waals surface area contributed by atoms with Gasteiger partial charge in [-0.1, -0.05) is 44.2 Å². The highest BCUT2D eigenvalue weighted by Gasteiger charge is 2.30. The van der Waals surface area contributed by atoms with Crippen molar-refractivity contribution in [2.24, 2.45) is 5.92 Å². The third kappa shape index (κ3) is 9.13. The number of methoxy groups -OCH3 is 1. The number of hydrogen-bond donors (Lipinski definition) is 3. The maximum atomic E-state index is 13.8. The molecule has 46 heavy (non-hydrogen) atoms. The van der Waals surface area contributed by atoms with E-state index in [1.54, 1.807) is 19.1 Å². The van der Waals surface area contributed by atoms with Crippen molar-refractivity contribution in [1.29, 1.82) is 0 Å². The summed E-state index contributed by atoms with van der Waals surface area (Å²) < 4.78 is 35.2. The van der Waals surface area contributed by atoms with Gasteiger partial charge in [-0.15, -0.1) is 0 Å². The first kappa shape index (κ1) is 34.6. The SMILES string of the molecule is COc1ccc(S(=O)(=O)N2CCCNC(=O)Cn3nc(C)nc3[C@H](C(C)C)NC(=O)[C@@H](Cc3ccccc3)NC(=O)CCC2)cc1. The van der Waals surface area contributed by atoms with Gasteiger partial charge < -0.3 is 20.7 Å². The Labute approximate surface area is 270 Å². The molecule has 3 amide bonds. The summed E-state index contributed by atoms with van der Waals surface area (Å²) in [6.45, 7) is 5.86. The summed E-state index contributed by atoms with van der Waals surface area (Å²) in [7, 11) is -2.41. The fourth-order valence-electron chi connectivity index (χ4n) is 5.27. The van der Waals surface area contributed by atoms with Gasteiger partial charge in [0.05, 0.1) is 18.0 Å². The molecule has 0 spiro atoms. The average Bonchev–Trinajstić information content (AvgIpc) is 3.39. The molecule has 248 valence electrons. The Morgan fingerprint density at radius 3 is 2.33 bits per heavy atom. The normalized spacial score (nSPS) is 19.7. The number of nitrogens with one attached hydrogen (secondary N) is 3. The van der Waals surface area contributed by atoms with E-state index in [-0.39, 0.29) is 68.1 Å². The highest BCUT2D eigenvalue weighted by molar-refractivity contribution is 7.89. The molecule has 0 saturated carbocycles. The number of carbonyl (C=O) groups is 3. The van der Waals surface area contributed by atoms with Crippen LogP contribution in [0.1, 0.15) is 56.4 Å². The number of aryl methyl sites for hydroxylation is 1. The molecule has 4 rings (SSSR count). The minimum Gasteiger partial charge on any atom is -0.497 e. The first-order valence-corrected chi connectivity index (χ1v) is 16.9. The van der Waals surface area contributed by atoms with Gasteiger partial charge in [0.2, 0.25) is 27.7 Å². The van der Waals surface area contributed by atoms with Gasteiger partial charge in [0.1, 0.15) is 24.2 Å². The Hall–Kier alpha value is -4.30. The van der Waals surface area contributed by atoms with E-state index < -0.39 is 28.0 Å². The minimum absolute atomic E-state index is 0.00503. The predicted octanol–water partition coefficient (Wildman–Crippen LogP) is 2.13. The molecule has 0 bridgehead atoms. The topological polar surface area (TPSA) is 165 Å². The van der Waals surface area contributed by atoms with E-state index in [0.29, 0.717) is 23.8 Å². The molecular weight excluding hydrogens is 610 g/mol. The van der Waals surface area contributed by atoms with Gasteiger partial charge in [-0.2, -0.15) is 9.40 Å². The lowest BCUT2D eigenvalue weighted by atomic mass is 10.0. The first-order chi connectivity index (χ1) is 22.0. The summed E-state index contributed by atoms with van der Waals surface area (Å²) in [6, 6.07) is 14.0. The third-order valence-electron chi connectivity index (χ3n) is 7.69. The summed E-state index contributed by atoms with van der Waals surface area (Å²) >= 11 is 0. The number of aromatic nitrogens is 3. The number of amides is 3. The Kier molecular flexibility index (Phi) is 11.9. The van der Waals surface area contributed by atoms with Gasteiger partial charge in [0.25, 0.3) is 0 Å². The van der Waals surface area contributed by atoms with E-state index in [4.69, 9.17) is 4.74 Å². The second-order valence-electron chi connectivity index (χ2n) is 11.6. The molecule has 2 aromatic carbocycles. The van der Waals surface area contributed by atoms with E-state index in [9.17, 15) is 22.8 Å². The van der Waals surface area contributed by atoms with Gasteiger partial charge in [0.15, 0.2) is 5.82 Å². The van der Waals surface area contributed by atoms with Crippen LogP contribution in [0.4, 0.5) is 0 Å². The highest BCUT2D eigenvalue weighted by Crippen LogP contribution is 2.22. The second kappa shape index (κ2) is 15.8. The maximum absolute atomic E-state index is 13.8. The van der Waals surface area contributed by atoms with Crippen molar-refractivity contribution in [3.8, 4) is 5.75 Å². The third-order valence-corrected chi connectivity index (χ3v) is 9.60. The van der Waals surface area contributed by atoms with Crippen LogP contribution >= 0.6 is 0 Å². The first-order valence-electron chi connectivity index (χ1n) is 15.4. The highest BCUT2D eigenvalue weighted by atomic mass is 32.2. The van der Waals surface area contributed by atoms with Gasteiger partial charge >= 0.3 is 0 Å². The molecule has 1 aromatic heterocycles. The van der Waals surface area contributed by atoms with E-state index in [2.05, 4.69) is 26.0 Å². The maximum Gasteiger partial charge on any atom is 0.243 e. The van der Waals surface area contributed by atoms with Crippen molar-refractivity contribution in [3.05, 3.63) is 71.8 Å². The lowest BCUT2D eigenvalue weighted by Gasteiger charge is -2.26. The Bertz CT molecular complexity index is 1590. The van der Waals surface area contributed by atoms with Crippen molar-refractivity contribution >= 4 is 27.7 Å². The van der Waals surface area contributed by atoms with E-state index >= 15 is 0 Å². The summed E-state index contributed by atoms with van der Waals surface area (Å²) in [5, 5.41) is 13.2. The van der Waals surface area contributed by atoms with Gasteiger partial charge in [-0.05, 0) is 55.5 Å². The molecule has 2 heterocycles. The number of sulfonamides is 1. The van der Waals surface area contributed by atoms with Crippen LogP contribution in [0.3, 0.4) is 0 Å². The molecule has 1 aliphatic heterocycles. The number of benzene rings is 2. The monoisotopic (exact) mass is 653 g/mol. The zero-order valence-electron chi connectivity index (χ0n) is 26.7. The van der Waals surface area contributed by atoms with Gasteiger partial charge in [0, 0.05) is 32.5 Å². The van der Waals surface area contributed by atoms with E-state index in [1.807, 2.05) is 44.2 Å². The molecule has 3 N–H and O–H groups in total. The predicted molar refractivity (Wildman–Crippen MR) is 171 cm³/mol. The molecule has 0 unspecified atom stereocenters. The molecule has 1 aliphatic rings. The standard InChI is InChI=1S/C32H43N7O6S/c1-22(2)30-31-34-23(3)37-39(31)21-29(41)33-17-9-19-38(46(43,44)26-15-13-25(45-4)14-16-26)18-8-12-28(40)35-27(32(42)36-30)20-24-10-6-5-7-11-24/h5-7,10-11,13-16,22,27,30H,8-9,12,17-21H2,1-4H3,(H,33,41)(H,35,40)(H,36,42)/t27-,30+/m1/s1. The van der Waals surface area contributed by atoms with Crippen LogP contribution in [0.25, 0.3) is 0 Å². The molecule has 2 atom stereocenters. The summed E-state index contributed by atoms with van der Waals surface area (Å²) in [4.78, 5) is 44.6. The number of ether oxygens (including phenoxy) is 1. The number of hydrogen-bond acceptors (Lipinski definition) is 8. The van der Waals surface area contributed by atoms with E-state index in [0.717, 1.165) is 5.56 Å². The Balaban J connectivity index is 1.62. The molecular formula is C32H43N7O6S. The van der Waals surface area contributed by atoms with Crippen molar-refractivity contribution in [2.45, 2.75) is 70.0 Å². The quantitative estimate of drug-likeness (QED) is 0.364. The second-order valence-corrected chi connectivity index (χ2v) is 13.5. The van der Waals surface area contributed by atoms with Crippen LogP contribution in [-0.4, -0.2) is 78.0 Å². The average molecular weight is 654 g/mol. The molecule has 0 fully saturated rings. The van der Waals surface area contributed by atoms with Crippen LogP contribution in [0.15, 0.2) is 59.5 Å². The van der Waals surface area contributed by atoms with Crippen LogP contribution < -0.4 is 20.7 Å². The number of rotatable bonds is 6. The van der Waals surface area contributed by atoms with Crippen LogP contribution in [-0.2, 0) is 37.4 Å². The van der Waals surface area contributed by atoms with E-state index in [1.165, 1.54) is 28.2 Å². The summed E-state index contributed by atoms with van der Waals surface area (Å²) in [5.41, 5.74) is 0.860. The molecule has 0 aliphatic carbocycles. The number of nitrogens with zero attached hydrogens (tertiary/aromatic N) is 4. The molecule has 13 nitrogen and oxygen atoms in total. The van der Waals surface area contributed by atoms with Gasteiger partial charge in [-0.25, -0.2) is 18.1 Å². The van der Waals surface area contributed by atoms with Crippen molar-refractivity contribution in [3.63, 3.8) is 0 Å². The lowest BCUT2D eigenvalue weighted by Crippen LogP contribution is -2.50. The summed E-state index contributed by atoms with van der Waals surface area (Å²) in [5.74, 6) is 0.202. The molecule has 14 heteroatoms. The van der Waals surface area contributed by atoms with Gasteiger partial charge in [-0.3, -0.25) is 14.4 Å². The largest absolute Gasteiger partial charge is 0.497 e.